The van der Waals surface area contributed by atoms with Gasteiger partial charge in [-0.05, 0) is 44.5 Å². The lowest BCUT2D eigenvalue weighted by Crippen LogP contribution is -2.99. The number of quaternary nitrogens is 1. The van der Waals surface area contributed by atoms with E-state index in [1.165, 1.54) is 4.90 Å². The van der Waals surface area contributed by atoms with Gasteiger partial charge in [-0.3, -0.25) is 19.3 Å². The minimum Gasteiger partial charge on any atom is -0.508 e. The summed E-state index contributed by atoms with van der Waals surface area (Å²) in [5.74, 6) is -1.92. The van der Waals surface area contributed by atoms with Gasteiger partial charge in [-0.15, -0.1) is 0 Å². The number of benzene rings is 2. The number of nitrogens with zero attached hydrogens (tertiary/aromatic N) is 1. The maximum absolute atomic E-state index is 13.7. The predicted molar refractivity (Wildman–Crippen MR) is 113 cm³/mol. The number of hydrogen-bond donors (Lipinski definition) is 3. The van der Waals surface area contributed by atoms with Crippen LogP contribution in [0.4, 0.5) is 5.69 Å². The van der Waals surface area contributed by atoms with Crippen molar-refractivity contribution in [1.82, 2.24) is 4.90 Å². The molecule has 0 unspecified atom stereocenters. The van der Waals surface area contributed by atoms with E-state index in [4.69, 9.17) is 0 Å². The van der Waals surface area contributed by atoms with E-state index in [0.29, 0.717) is 12.1 Å². The Balaban J connectivity index is 1.64. The molecule has 0 radical (unpaired) electrons. The molecule has 31 heavy (non-hydrogen) atoms. The maximum atomic E-state index is 13.7. The third-order valence-electron chi connectivity index (χ3n) is 6.86. The van der Waals surface area contributed by atoms with Crippen molar-refractivity contribution in [3.8, 4) is 5.75 Å². The fraction of sp³-hybridized carbons (Fsp3) is 0.375. The smallest absolute Gasteiger partial charge is 0.291 e. The van der Waals surface area contributed by atoms with Gasteiger partial charge >= 0.3 is 0 Å². The monoisotopic (exact) mass is 420 g/mol. The van der Waals surface area contributed by atoms with Crippen LogP contribution in [0, 0.1) is 11.8 Å². The highest BCUT2D eigenvalue weighted by Crippen LogP contribution is 2.50. The van der Waals surface area contributed by atoms with E-state index in [1.54, 1.807) is 12.1 Å². The average molecular weight is 420 g/mol. The van der Waals surface area contributed by atoms with Gasteiger partial charge in [0.15, 0.2) is 0 Å². The van der Waals surface area contributed by atoms with Crippen LogP contribution < -0.4 is 10.6 Å². The lowest BCUT2D eigenvalue weighted by atomic mass is 9.76. The van der Waals surface area contributed by atoms with Crippen molar-refractivity contribution >= 4 is 23.4 Å². The molecule has 7 nitrogen and oxygen atoms in total. The van der Waals surface area contributed by atoms with Crippen molar-refractivity contribution < 1.29 is 24.8 Å². The zero-order valence-corrected chi connectivity index (χ0v) is 17.8. The van der Waals surface area contributed by atoms with Crippen molar-refractivity contribution in [2.45, 2.75) is 44.3 Å². The predicted octanol–water partition coefficient (Wildman–Crippen LogP) is 1.13. The van der Waals surface area contributed by atoms with Crippen LogP contribution in [0.3, 0.4) is 0 Å². The number of amides is 3. The number of hydrogen-bond acceptors (Lipinski definition) is 4. The van der Waals surface area contributed by atoms with Crippen LogP contribution in [-0.4, -0.2) is 39.3 Å². The molecular formula is C24H26N3O4+. The molecule has 2 saturated heterocycles. The van der Waals surface area contributed by atoms with Gasteiger partial charge in [-0.1, -0.05) is 30.3 Å². The molecule has 4 atom stereocenters. The molecule has 2 aromatic carbocycles. The highest BCUT2D eigenvalue weighted by atomic mass is 16.3. The molecule has 3 heterocycles. The first-order valence-corrected chi connectivity index (χ1v) is 10.6. The minimum atomic E-state index is -1.16. The second kappa shape index (κ2) is 6.40. The molecule has 7 heteroatoms. The Morgan fingerprint density at radius 3 is 2.39 bits per heavy atom. The Morgan fingerprint density at radius 1 is 1.03 bits per heavy atom. The van der Waals surface area contributed by atoms with Crippen LogP contribution in [0.5, 0.6) is 5.75 Å². The Hall–Kier alpha value is -3.19. The van der Waals surface area contributed by atoms with Crippen LogP contribution in [0.2, 0.25) is 0 Å². The summed E-state index contributed by atoms with van der Waals surface area (Å²) in [6.07, 6.45) is 0.510. The number of carbonyl (C=O) groups is 3. The lowest BCUT2D eigenvalue weighted by molar-refractivity contribution is -0.733. The second-order valence-corrected chi connectivity index (χ2v) is 9.76. The molecular weight excluding hydrogens is 394 g/mol. The van der Waals surface area contributed by atoms with E-state index in [-0.39, 0.29) is 29.5 Å². The number of nitrogens with one attached hydrogen (secondary N) is 1. The molecule has 160 valence electrons. The molecule has 1 spiro atoms. The lowest BCUT2D eigenvalue weighted by Gasteiger charge is -2.33. The summed E-state index contributed by atoms with van der Waals surface area (Å²) in [6.45, 7) is 5.54. The fourth-order valence-electron chi connectivity index (χ4n) is 5.67. The summed E-state index contributed by atoms with van der Waals surface area (Å²) in [4.78, 5) is 42.0. The first kappa shape index (κ1) is 19.8. The van der Waals surface area contributed by atoms with Crippen molar-refractivity contribution in [2.24, 2.45) is 11.8 Å². The quantitative estimate of drug-likeness (QED) is 0.634. The van der Waals surface area contributed by atoms with Crippen molar-refractivity contribution in [3.05, 3.63) is 59.7 Å². The fourth-order valence-corrected chi connectivity index (χ4v) is 5.67. The maximum Gasteiger partial charge on any atom is 0.291 e. The zero-order valence-electron chi connectivity index (χ0n) is 17.8. The van der Waals surface area contributed by atoms with Crippen LogP contribution in [-0.2, 0) is 26.3 Å². The van der Waals surface area contributed by atoms with Gasteiger partial charge in [-0.2, -0.15) is 0 Å². The number of para-hydroxylation sites is 1. The standard InChI is InChI=1S/C24H25N3O4/c1-23(2,3)27-20(29)18-17(12-13-8-10-14(28)11-9-13)26-24(19(18)21(27)30)15-6-4-5-7-16(15)25-22(24)31/h4-11,17-19,26,28H,12H2,1-3H3,(H,25,31)/p+1/t17-,18+,19-,24-/m0/s1. The number of likely N-dealkylation sites (tertiary alicyclic amines) is 1. The number of aromatic hydroxyl groups is 1. The van der Waals surface area contributed by atoms with Gasteiger partial charge in [0.25, 0.3) is 5.91 Å². The van der Waals surface area contributed by atoms with E-state index in [2.05, 4.69) is 5.32 Å². The summed E-state index contributed by atoms with van der Waals surface area (Å²) in [7, 11) is 0. The van der Waals surface area contributed by atoms with Crippen molar-refractivity contribution in [2.75, 3.05) is 5.32 Å². The Morgan fingerprint density at radius 2 is 1.71 bits per heavy atom. The first-order valence-electron chi connectivity index (χ1n) is 10.6. The third-order valence-corrected chi connectivity index (χ3v) is 6.86. The molecule has 0 aliphatic carbocycles. The van der Waals surface area contributed by atoms with E-state index >= 15 is 0 Å². The number of anilines is 1. The van der Waals surface area contributed by atoms with E-state index in [0.717, 1.165) is 11.1 Å². The average Bonchev–Trinajstić information content (AvgIpc) is 3.28. The van der Waals surface area contributed by atoms with E-state index < -0.39 is 22.9 Å². The van der Waals surface area contributed by atoms with Crippen molar-refractivity contribution in [1.29, 1.82) is 0 Å². The molecule has 3 aliphatic heterocycles. The number of carbonyl (C=O) groups excluding carboxylic acids is 3. The zero-order chi connectivity index (χ0) is 22.1. The van der Waals surface area contributed by atoms with Crippen LogP contribution in [0.15, 0.2) is 48.5 Å². The topological polar surface area (TPSA) is 103 Å². The first-order chi connectivity index (χ1) is 14.6. The molecule has 0 aromatic heterocycles. The third kappa shape index (κ3) is 2.66. The second-order valence-electron chi connectivity index (χ2n) is 9.76. The summed E-state index contributed by atoms with van der Waals surface area (Å²) < 4.78 is 0. The van der Waals surface area contributed by atoms with E-state index in [1.807, 2.05) is 62.5 Å². The normalized spacial score (nSPS) is 29.5. The molecule has 5 rings (SSSR count). The number of fused-ring (bicyclic) bond motifs is 4. The van der Waals surface area contributed by atoms with Crippen LogP contribution in [0.1, 0.15) is 31.9 Å². The number of phenols is 1. The molecule has 3 aliphatic rings. The Labute approximate surface area is 180 Å². The molecule has 4 N–H and O–H groups in total. The molecule has 0 saturated carbocycles. The highest BCUT2D eigenvalue weighted by molar-refractivity contribution is 6.14. The summed E-state index contributed by atoms with van der Waals surface area (Å²) in [5.41, 5.74) is 0.575. The molecule has 0 bridgehead atoms. The van der Waals surface area contributed by atoms with Crippen molar-refractivity contribution in [3.63, 3.8) is 0 Å². The van der Waals surface area contributed by atoms with Gasteiger partial charge in [0.1, 0.15) is 23.6 Å². The van der Waals surface area contributed by atoms with Gasteiger partial charge in [0.05, 0.1) is 5.69 Å². The van der Waals surface area contributed by atoms with Gasteiger partial charge < -0.3 is 15.7 Å². The minimum absolute atomic E-state index is 0.170. The summed E-state index contributed by atoms with van der Waals surface area (Å²) in [5, 5.41) is 14.5. The number of rotatable bonds is 2. The number of imide groups is 1. The Kier molecular flexibility index (Phi) is 4.08. The summed E-state index contributed by atoms with van der Waals surface area (Å²) >= 11 is 0. The Bertz CT molecular complexity index is 1100. The van der Waals surface area contributed by atoms with Gasteiger partial charge in [0.2, 0.25) is 17.4 Å². The SMILES string of the molecule is CC(C)(C)N1C(=O)[C@@H]2[C@H](Cc3ccc(O)cc3)[NH2+][C@]3(C(=O)Nc4ccccc43)[C@@H]2C1=O. The number of phenolic OH excluding ortho intramolecular Hbond substituents is 1. The molecule has 2 aromatic rings. The largest absolute Gasteiger partial charge is 0.508 e. The van der Waals surface area contributed by atoms with Crippen LogP contribution in [0.25, 0.3) is 0 Å². The number of nitrogens with two attached hydrogens (primary N) is 1. The van der Waals surface area contributed by atoms with Gasteiger partial charge in [-0.25, -0.2) is 0 Å². The molecule has 3 amide bonds. The highest BCUT2D eigenvalue weighted by Gasteiger charge is 2.74. The van der Waals surface area contributed by atoms with E-state index in [9.17, 15) is 19.5 Å². The summed E-state index contributed by atoms with van der Waals surface area (Å²) in [6, 6.07) is 14.0. The van der Waals surface area contributed by atoms with Crippen LogP contribution >= 0.6 is 0 Å². The molecule has 2 fully saturated rings. The van der Waals surface area contributed by atoms with Gasteiger partial charge in [0, 0.05) is 17.5 Å².